The zero-order chi connectivity index (χ0) is 17.4. The van der Waals surface area contributed by atoms with Crippen LogP contribution >= 0.6 is 11.6 Å². The van der Waals surface area contributed by atoms with Gasteiger partial charge >= 0.3 is 0 Å². The fraction of sp³-hybridized carbons (Fsp3) is 0.400. The van der Waals surface area contributed by atoms with E-state index in [4.69, 9.17) is 11.6 Å². The first-order valence-corrected chi connectivity index (χ1v) is 9.18. The van der Waals surface area contributed by atoms with Crippen LogP contribution in [0.25, 0.3) is 0 Å². The lowest BCUT2D eigenvalue weighted by atomic mass is 9.94. The number of amides is 1. The van der Waals surface area contributed by atoms with Crippen LogP contribution < -0.4 is 10.2 Å². The number of rotatable bonds is 4. The first kappa shape index (κ1) is 16.4. The highest BCUT2D eigenvalue weighted by Gasteiger charge is 2.51. The van der Waals surface area contributed by atoms with Crippen molar-refractivity contribution < 1.29 is 4.79 Å². The molecule has 4 nitrogen and oxygen atoms in total. The molecular formula is C20H22ClN3O. The Labute approximate surface area is 153 Å². The fourth-order valence-electron chi connectivity index (χ4n) is 3.69. The van der Waals surface area contributed by atoms with Gasteiger partial charge in [0, 0.05) is 30.4 Å². The zero-order valence-electron chi connectivity index (χ0n) is 14.3. The normalized spacial score (nSPS) is 21.2. The topological polar surface area (TPSA) is 45.2 Å². The molecule has 2 aromatic rings. The van der Waals surface area contributed by atoms with Crippen molar-refractivity contribution in [3.05, 3.63) is 58.9 Å². The van der Waals surface area contributed by atoms with Gasteiger partial charge in [-0.05, 0) is 55.5 Å². The molecule has 2 heterocycles. The first-order chi connectivity index (χ1) is 12.1. The van der Waals surface area contributed by atoms with E-state index < -0.39 is 0 Å². The lowest BCUT2D eigenvalue weighted by Crippen LogP contribution is -2.43. The molecule has 1 amide bonds. The van der Waals surface area contributed by atoms with Crippen molar-refractivity contribution in [1.82, 2.24) is 10.3 Å². The van der Waals surface area contributed by atoms with Gasteiger partial charge in [0.05, 0.1) is 17.3 Å². The third kappa shape index (κ3) is 3.23. The van der Waals surface area contributed by atoms with Gasteiger partial charge in [0.25, 0.3) is 0 Å². The van der Waals surface area contributed by atoms with E-state index in [0.717, 1.165) is 49.2 Å². The summed E-state index contributed by atoms with van der Waals surface area (Å²) in [5, 5.41) is 3.98. The van der Waals surface area contributed by atoms with E-state index >= 15 is 0 Å². The molecular weight excluding hydrogens is 334 g/mol. The second-order valence-corrected chi connectivity index (χ2v) is 7.65. The van der Waals surface area contributed by atoms with Gasteiger partial charge in [-0.2, -0.15) is 0 Å². The number of carbonyl (C=O) groups excluding carboxylic acids is 1. The smallest absolute Gasteiger partial charge is 0.230 e. The number of hydrogen-bond donors (Lipinski definition) is 1. The molecule has 1 N–H and O–H groups in total. The van der Waals surface area contributed by atoms with Gasteiger partial charge in [-0.1, -0.05) is 23.7 Å². The summed E-state index contributed by atoms with van der Waals surface area (Å²) >= 11 is 5.97. The van der Waals surface area contributed by atoms with Crippen LogP contribution in [-0.4, -0.2) is 30.0 Å². The van der Waals surface area contributed by atoms with Gasteiger partial charge in [-0.25, -0.2) is 0 Å². The summed E-state index contributed by atoms with van der Waals surface area (Å²) < 4.78 is 0. The molecule has 0 unspecified atom stereocenters. The highest BCUT2D eigenvalue weighted by molar-refractivity contribution is 6.30. The summed E-state index contributed by atoms with van der Waals surface area (Å²) in [5.41, 5.74) is 3.02. The Morgan fingerprint density at radius 3 is 2.72 bits per heavy atom. The van der Waals surface area contributed by atoms with Gasteiger partial charge in [0.1, 0.15) is 0 Å². The van der Waals surface area contributed by atoms with Crippen LogP contribution in [-0.2, 0) is 10.2 Å². The molecule has 1 atom stereocenters. The average molecular weight is 356 g/mol. The number of benzene rings is 1. The number of halogens is 1. The first-order valence-electron chi connectivity index (χ1n) is 8.80. The van der Waals surface area contributed by atoms with Gasteiger partial charge in [0.2, 0.25) is 5.91 Å². The van der Waals surface area contributed by atoms with Gasteiger partial charge in [-0.15, -0.1) is 0 Å². The molecule has 1 aliphatic carbocycles. The monoisotopic (exact) mass is 355 g/mol. The standard InChI is InChI=1S/C20H22ClN3O/c1-14-10-18(12-22-11-14)24-9-6-17(13-24)23-19(25)20(7-8-20)15-2-4-16(21)5-3-15/h2-5,10-12,17H,6-9,13H2,1H3,(H,23,25)/t17-/m1/s1. The molecule has 1 aromatic carbocycles. The number of hydrogen-bond acceptors (Lipinski definition) is 3. The number of pyridine rings is 1. The van der Waals surface area contributed by atoms with Crippen molar-refractivity contribution in [2.75, 3.05) is 18.0 Å². The van der Waals surface area contributed by atoms with Crippen LogP contribution in [0.4, 0.5) is 5.69 Å². The van der Waals surface area contributed by atoms with Crippen molar-refractivity contribution in [2.45, 2.75) is 37.6 Å². The van der Waals surface area contributed by atoms with Crippen LogP contribution in [0.5, 0.6) is 0 Å². The quantitative estimate of drug-likeness (QED) is 0.913. The molecule has 0 bridgehead atoms. The van der Waals surface area contributed by atoms with Gasteiger partial charge in [-0.3, -0.25) is 9.78 Å². The minimum Gasteiger partial charge on any atom is -0.368 e. The molecule has 0 radical (unpaired) electrons. The minimum absolute atomic E-state index is 0.157. The lowest BCUT2D eigenvalue weighted by molar-refractivity contribution is -0.124. The third-order valence-electron chi connectivity index (χ3n) is 5.33. The van der Waals surface area contributed by atoms with Crippen LogP contribution in [0.3, 0.4) is 0 Å². The van der Waals surface area contributed by atoms with E-state index in [-0.39, 0.29) is 17.4 Å². The lowest BCUT2D eigenvalue weighted by Gasteiger charge is -2.21. The highest BCUT2D eigenvalue weighted by Crippen LogP contribution is 2.48. The molecule has 2 aliphatic rings. The summed E-state index contributed by atoms with van der Waals surface area (Å²) in [6.07, 6.45) is 6.56. The molecule has 0 spiro atoms. The number of carbonyl (C=O) groups is 1. The maximum absolute atomic E-state index is 12.9. The molecule has 130 valence electrons. The Bertz CT molecular complexity index is 786. The highest BCUT2D eigenvalue weighted by atomic mass is 35.5. The maximum Gasteiger partial charge on any atom is 0.230 e. The molecule has 4 rings (SSSR count). The molecule has 1 saturated carbocycles. The predicted octanol–water partition coefficient (Wildman–Crippen LogP) is 3.47. The number of aromatic nitrogens is 1. The molecule has 1 aromatic heterocycles. The van der Waals surface area contributed by atoms with Crippen molar-refractivity contribution >= 4 is 23.2 Å². The number of anilines is 1. The molecule has 1 aliphatic heterocycles. The number of nitrogens with zero attached hydrogens (tertiary/aromatic N) is 2. The summed E-state index contributed by atoms with van der Waals surface area (Å²) in [6.45, 7) is 3.84. The SMILES string of the molecule is Cc1cncc(N2CC[C@@H](NC(=O)C3(c4ccc(Cl)cc4)CC3)C2)c1. The van der Waals surface area contributed by atoms with Gasteiger partial charge < -0.3 is 10.2 Å². The Morgan fingerprint density at radius 2 is 2.04 bits per heavy atom. The molecule has 5 heteroatoms. The van der Waals surface area contributed by atoms with E-state index in [2.05, 4.69) is 28.2 Å². The molecule has 25 heavy (non-hydrogen) atoms. The van der Waals surface area contributed by atoms with Crippen LogP contribution in [0.2, 0.25) is 5.02 Å². The van der Waals surface area contributed by atoms with Crippen molar-refractivity contribution in [3.63, 3.8) is 0 Å². The Balaban J connectivity index is 1.41. The van der Waals surface area contributed by atoms with Crippen molar-refractivity contribution in [1.29, 1.82) is 0 Å². The summed E-state index contributed by atoms with van der Waals surface area (Å²) in [7, 11) is 0. The molecule has 1 saturated heterocycles. The van der Waals surface area contributed by atoms with E-state index in [0.29, 0.717) is 5.02 Å². The van der Waals surface area contributed by atoms with E-state index in [9.17, 15) is 4.79 Å². The largest absolute Gasteiger partial charge is 0.368 e. The van der Waals surface area contributed by atoms with Crippen LogP contribution in [0.15, 0.2) is 42.7 Å². The Hall–Kier alpha value is -2.07. The minimum atomic E-state index is -0.344. The van der Waals surface area contributed by atoms with E-state index in [1.807, 2.05) is 36.7 Å². The summed E-state index contributed by atoms with van der Waals surface area (Å²) in [6, 6.07) is 10.0. The second-order valence-electron chi connectivity index (χ2n) is 7.21. The van der Waals surface area contributed by atoms with E-state index in [1.165, 1.54) is 0 Å². The Morgan fingerprint density at radius 1 is 1.28 bits per heavy atom. The predicted molar refractivity (Wildman–Crippen MR) is 100 cm³/mol. The van der Waals surface area contributed by atoms with Crippen molar-refractivity contribution in [3.8, 4) is 0 Å². The number of aryl methyl sites for hydroxylation is 1. The summed E-state index contributed by atoms with van der Waals surface area (Å²) in [5.74, 6) is 0.157. The number of nitrogens with one attached hydrogen (secondary N) is 1. The van der Waals surface area contributed by atoms with Crippen LogP contribution in [0.1, 0.15) is 30.4 Å². The molecule has 2 fully saturated rings. The second kappa shape index (κ2) is 6.34. The third-order valence-corrected chi connectivity index (χ3v) is 5.58. The van der Waals surface area contributed by atoms with E-state index in [1.54, 1.807) is 0 Å². The van der Waals surface area contributed by atoms with Gasteiger partial charge in [0.15, 0.2) is 0 Å². The maximum atomic E-state index is 12.9. The van der Waals surface area contributed by atoms with Crippen molar-refractivity contribution in [2.24, 2.45) is 0 Å². The average Bonchev–Trinajstić information content (AvgIpc) is 3.29. The fourth-order valence-corrected chi connectivity index (χ4v) is 3.81. The van der Waals surface area contributed by atoms with Crippen LogP contribution in [0, 0.1) is 6.92 Å². The Kier molecular flexibility index (Phi) is 4.16. The zero-order valence-corrected chi connectivity index (χ0v) is 15.1. The summed E-state index contributed by atoms with van der Waals surface area (Å²) in [4.78, 5) is 19.5.